The van der Waals surface area contributed by atoms with Crippen molar-refractivity contribution in [2.75, 3.05) is 26.2 Å². The highest BCUT2D eigenvalue weighted by Crippen LogP contribution is 2.36. The molecular weight excluding hydrogens is 756 g/mol. The number of fused-ring (bicyclic) bond motifs is 1. The fourth-order valence-corrected chi connectivity index (χ4v) is 6.08. The van der Waals surface area contributed by atoms with Crippen LogP contribution < -0.4 is 18.9 Å². The van der Waals surface area contributed by atoms with Crippen molar-refractivity contribution in [2.24, 2.45) is 0 Å². The van der Waals surface area contributed by atoms with Gasteiger partial charge in [-0.3, -0.25) is 0 Å². The first-order valence-corrected chi connectivity index (χ1v) is 20.0. The fourth-order valence-electron chi connectivity index (χ4n) is 5.89. The predicted molar refractivity (Wildman–Crippen MR) is 229 cm³/mol. The number of ether oxygens (including phenoxy) is 4. The Morgan fingerprint density at radius 2 is 1.07 bits per heavy atom. The van der Waals surface area contributed by atoms with Gasteiger partial charge in [0.2, 0.25) is 0 Å². The first-order valence-electron chi connectivity index (χ1n) is 19.6. The number of rotatable bonds is 12. The predicted octanol–water partition coefficient (Wildman–Crippen LogP) is 11.5. The molecule has 11 heteroatoms. The summed E-state index contributed by atoms with van der Waals surface area (Å²) in [6.07, 6.45) is 1.10. The van der Waals surface area contributed by atoms with E-state index in [1.165, 1.54) is 11.6 Å². The molecule has 0 spiro atoms. The van der Waals surface area contributed by atoms with Crippen LogP contribution in [0.5, 0.6) is 23.0 Å². The van der Waals surface area contributed by atoms with Crippen LogP contribution in [-0.2, 0) is 11.8 Å². The second-order valence-electron chi connectivity index (χ2n) is 14.3. The fraction of sp³-hybridized carbons (Fsp3) is 0.319. The Balaban J connectivity index is 0.000000257. The summed E-state index contributed by atoms with van der Waals surface area (Å²) >= 11 is 5.95. The van der Waals surface area contributed by atoms with Gasteiger partial charge in [0.05, 0.1) is 16.5 Å². The largest absolute Gasteiger partial charge is 0.422 e. The summed E-state index contributed by atoms with van der Waals surface area (Å²) in [6, 6.07) is 30.0. The van der Waals surface area contributed by atoms with Crippen LogP contribution in [0.25, 0.3) is 10.8 Å². The molecule has 0 aromatic heterocycles. The normalized spacial score (nSPS) is 10.8. The van der Waals surface area contributed by atoms with Crippen LogP contribution >= 0.6 is 11.6 Å². The van der Waals surface area contributed by atoms with Crippen LogP contribution in [0.15, 0.2) is 103 Å². The van der Waals surface area contributed by atoms with Crippen molar-refractivity contribution in [3.8, 4) is 23.0 Å². The number of aryl methyl sites for hydroxylation is 1. The van der Waals surface area contributed by atoms with Crippen molar-refractivity contribution in [1.82, 2.24) is 9.80 Å². The molecule has 0 saturated carbocycles. The zero-order valence-electron chi connectivity index (χ0n) is 34.6. The molecule has 0 unspecified atom stereocenters. The van der Waals surface area contributed by atoms with E-state index in [0.29, 0.717) is 59.2 Å². The Bertz CT molecular complexity index is 2180. The summed E-state index contributed by atoms with van der Waals surface area (Å²) in [7, 11) is 0. The number of nitrogens with zero attached hydrogens (tertiary/aromatic N) is 2. The molecule has 0 radical (unpaired) electrons. The van der Waals surface area contributed by atoms with Gasteiger partial charge < -0.3 is 28.7 Å². The Labute approximate surface area is 346 Å². The van der Waals surface area contributed by atoms with E-state index in [1.807, 2.05) is 70.2 Å². The monoisotopic (exact) mass is 808 g/mol. The van der Waals surface area contributed by atoms with E-state index in [4.69, 9.17) is 30.5 Å². The minimum absolute atomic E-state index is 0.161. The summed E-state index contributed by atoms with van der Waals surface area (Å²) in [5.74, 6) is 0.0870. The van der Waals surface area contributed by atoms with E-state index < -0.39 is 24.1 Å². The van der Waals surface area contributed by atoms with E-state index in [-0.39, 0.29) is 16.9 Å². The summed E-state index contributed by atoms with van der Waals surface area (Å²) in [4.78, 5) is 53.2. The second kappa shape index (κ2) is 21.0. The van der Waals surface area contributed by atoms with Crippen molar-refractivity contribution >= 4 is 46.5 Å². The summed E-state index contributed by atoms with van der Waals surface area (Å²) in [5, 5.41) is 1.85. The average Bonchev–Trinajstić information content (AvgIpc) is 3.20. The van der Waals surface area contributed by atoms with Crippen molar-refractivity contribution in [1.29, 1.82) is 0 Å². The van der Waals surface area contributed by atoms with Gasteiger partial charge in [-0.2, -0.15) is 0 Å². The molecule has 0 fully saturated rings. The van der Waals surface area contributed by atoms with Crippen LogP contribution in [0.3, 0.4) is 0 Å². The third-order valence-corrected chi connectivity index (χ3v) is 9.50. The van der Waals surface area contributed by atoms with Crippen molar-refractivity contribution < 1.29 is 38.1 Å². The Morgan fingerprint density at radius 3 is 1.60 bits per heavy atom. The van der Waals surface area contributed by atoms with E-state index >= 15 is 0 Å². The highest BCUT2D eigenvalue weighted by Gasteiger charge is 2.23. The van der Waals surface area contributed by atoms with Gasteiger partial charge in [0.1, 0.15) is 11.5 Å². The molecule has 0 atom stereocenters. The van der Waals surface area contributed by atoms with Crippen molar-refractivity contribution in [3.05, 3.63) is 130 Å². The molecule has 58 heavy (non-hydrogen) atoms. The molecule has 0 heterocycles. The van der Waals surface area contributed by atoms with Gasteiger partial charge in [-0.1, -0.05) is 94.2 Å². The molecule has 0 N–H and O–H groups in total. The molecule has 5 aromatic carbocycles. The number of hydrogen-bond donors (Lipinski definition) is 0. The van der Waals surface area contributed by atoms with Gasteiger partial charge in [0.15, 0.2) is 11.5 Å². The summed E-state index contributed by atoms with van der Waals surface area (Å²) in [5.41, 5.74) is 2.77. The van der Waals surface area contributed by atoms with Crippen molar-refractivity contribution in [3.63, 3.8) is 0 Å². The zero-order valence-corrected chi connectivity index (χ0v) is 35.4. The molecule has 0 aliphatic heterocycles. The number of esters is 2. The molecule has 0 aliphatic rings. The number of amides is 2. The lowest BCUT2D eigenvalue weighted by atomic mass is 9.87. The molecule has 5 aromatic rings. The van der Waals surface area contributed by atoms with E-state index in [1.54, 1.807) is 64.4 Å². The molecule has 2 amide bonds. The SMILES string of the molecule is CCCc1ccc(C(=O)Oc2cccc3cccc(OC(=O)N(CC)CC)c23)cc1.CCN(CC)C(=O)Oc1cc(C(C)(C)C)ccc1OC(=O)c1cccc(Cl)c1. The molecule has 0 bridgehead atoms. The molecule has 0 aliphatic carbocycles. The number of benzene rings is 5. The van der Waals surface area contributed by atoms with Gasteiger partial charge >= 0.3 is 24.1 Å². The maximum Gasteiger partial charge on any atom is 0.415 e. The first-order chi connectivity index (χ1) is 27.7. The van der Waals surface area contributed by atoms with E-state index in [9.17, 15) is 19.2 Å². The quantitative estimate of drug-likeness (QED) is 0.0905. The molecule has 0 saturated heterocycles. The Hall–Kier alpha value is -5.87. The lowest BCUT2D eigenvalue weighted by molar-refractivity contribution is 0.0722. The summed E-state index contributed by atoms with van der Waals surface area (Å²) in [6.45, 7) is 17.9. The molecule has 10 nitrogen and oxygen atoms in total. The number of carbonyl (C=O) groups excluding carboxylic acids is 4. The lowest BCUT2D eigenvalue weighted by Gasteiger charge is -2.22. The second-order valence-corrected chi connectivity index (χ2v) is 14.8. The maximum atomic E-state index is 12.7. The number of halogens is 1. The highest BCUT2D eigenvalue weighted by molar-refractivity contribution is 6.30. The first kappa shape index (κ1) is 44.8. The van der Waals surface area contributed by atoms with Gasteiger partial charge in [0, 0.05) is 31.2 Å². The molecule has 306 valence electrons. The Morgan fingerprint density at radius 1 is 0.552 bits per heavy atom. The van der Waals surface area contributed by atoms with Crippen molar-refractivity contribution in [2.45, 2.75) is 73.6 Å². The Kier molecular flexibility index (Phi) is 16.3. The molecular formula is C47H53ClN2O8. The van der Waals surface area contributed by atoms with Gasteiger partial charge in [-0.05, 0) is 111 Å². The summed E-state index contributed by atoms with van der Waals surface area (Å²) < 4.78 is 22.4. The number of carbonyl (C=O) groups is 4. The van der Waals surface area contributed by atoms with E-state index in [2.05, 4.69) is 27.7 Å². The maximum absolute atomic E-state index is 12.7. The molecule has 5 rings (SSSR count). The van der Waals surface area contributed by atoms with Crippen LogP contribution in [0, 0.1) is 0 Å². The zero-order chi connectivity index (χ0) is 42.4. The average molecular weight is 809 g/mol. The van der Waals surface area contributed by atoms with Crippen LogP contribution in [0.1, 0.15) is 93.7 Å². The van der Waals surface area contributed by atoms with Gasteiger partial charge in [-0.25, -0.2) is 19.2 Å². The lowest BCUT2D eigenvalue weighted by Crippen LogP contribution is -2.33. The van der Waals surface area contributed by atoms with Crippen LogP contribution in [0.4, 0.5) is 9.59 Å². The smallest absolute Gasteiger partial charge is 0.415 e. The van der Waals surface area contributed by atoms with Crippen LogP contribution in [-0.4, -0.2) is 60.1 Å². The van der Waals surface area contributed by atoms with Crippen LogP contribution in [0.2, 0.25) is 5.02 Å². The minimum Gasteiger partial charge on any atom is -0.422 e. The number of hydrogen-bond acceptors (Lipinski definition) is 8. The van der Waals surface area contributed by atoms with E-state index in [0.717, 1.165) is 23.8 Å². The topological polar surface area (TPSA) is 112 Å². The third-order valence-electron chi connectivity index (χ3n) is 9.27. The third kappa shape index (κ3) is 12.1. The standard InChI is InChI=1S/C25H27NO4.C22H26ClNO4/c1-4-9-18-14-16-20(17-15-18)24(27)29-21-12-7-10-19-11-8-13-22(23(19)21)30-25(28)26(5-2)6-3;1-6-24(7-2)21(26)28-19-14-16(22(3,4)5)11-12-18(19)27-20(25)15-9-8-10-17(23)13-15/h7-8,10-17H,4-6,9H2,1-3H3;8-14H,6-7H2,1-5H3. The highest BCUT2D eigenvalue weighted by atomic mass is 35.5. The van der Waals surface area contributed by atoms with Gasteiger partial charge in [0.25, 0.3) is 0 Å². The van der Waals surface area contributed by atoms with Gasteiger partial charge in [-0.15, -0.1) is 0 Å². The minimum atomic E-state index is -0.578.